The number of ether oxygens (including phenoxy) is 2. The molecule has 0 aliphatic carbocycles. The van der Waals surface area contributed by atoms with Crippen molar-refractivity contribution in [3.63, 3.8) is 0 Å². The molecule has 1 heterocycles. The van der Waals surface area contributed by atoms with Crippen LogP contribution in [0.25, 0.3) is 0 Å². The Bertz CT molecular complexity index is 390. The largest absolute Gasteiger partial charge is 0.350 e. The van der Waals surface area contributed by atoms with Crippen molar-refractivity contribution in [1.29, 1.82) is 0 Å². The molecule has 0 spiro atoms. The molecule has 19 heavy (non-hydrogen) atoms. The number of halogens is 2. The summed E-state index contributed by atoms with van der Waals surface area (Å²) in [6.07, 6.45) is 1.40. The van der Waals surface area contributed by atoms with Crippen LogP contribution < -0.4 is 5.32 Å². The zero-order valence-electron chi connectivity index (χ0n) is 11.0. The van der Waals surface area contributed by atoms with Gasteiger partial charge in [-0.05, 0) is 36.7 Å². The maximum Gasteiger partial charge on any atom is 0.159 e. The third-order valence-electron chi connectivity index (χ3n) is 3.07. The van der Waals surface area contributed by atoms with Gasteiger partial charge in [-0.25, -0.2) is 4.39 Å². The first-order chi connectivity index (χ1) is 9.17. The maximum absolute atomic E-state index is 13.4. The van der Waals surface area contributed by atoms with Gasteiger partial charge in [0.05, 0.1) is 13.2 Å². The standard InChI is InChI=1S/C14H19BrFNO2/c1-2-17-13(9-14-18-3-4-19-14)7-10-5-11(15)8-12(16)6-10/h5-6,8,13-14,17H,2-4,7,9H2,1H3. The maximum atomic E-state index is 13.4. The Kier molecular flexibility index (Phi) is 5.76. The number of nitrogens with one attached hydrogen (secondary N) is 1. The van der Waals surface area contributed by atoms with Crippen molar-refractivity contribution >= 4 is 15.9 Å². The van der Waals surface area contributed by atoms with Crippen LogP contribution in [0.15, 0.2) is 22.7 Å². The van der Waals surface area contributed by atoms with Crippen molar-refractivity contribution in [2.75, 3.05) is 19.8 Å². The second-order valence-electron chi connectivity index (χ2n) is 4.64. The SMILES string of the molecule is CCNC(Cc1cc(F)cc(Br)c1)CC1OCCO1. The number of hydrogen-bond donors (Lipinski definition) is 1. The van der Waals surface area contributed by atoms with Crippen molar-refractivity contribution < 1.29 is 13.9 Å². The Hall–Kier alpha value is -0.490. The van der Waals surface area contributed by atoms with E-state index in [4.69, 9.17) is 9.47 Å². The lowest BCUT2D eigenvalue weighted by Gasteiger charge is -2.21. The van der Waals surface area contributed by atoms with Crippen LogP contribution >= 0.6 is 15.9 Å². The minimum Gasteiger partial charge on any atom is -0.350 e. The number of hydrogen-bond acceptors (Lipinski definition) is 3. The molecular formula is C14H19BrFNO2. The van der Waals surface area contributed by atoms with Gasteiger partial charge >= 0.3 is 0 Å². The topological polar surface area (TPSA) is 30.5 Å². The van der Waals surface area contributed by atoms with Gasteiger partial charge in [-0.15, -0.1) is 0 Å². The Labute approximate surface area is 121 Å². The monoisotopic (exact) mass is 331 g/mol. The fourth-order valence-electron chi connectivity index (χ4n) is 2.32. The lowest BCUT2D eigenvalue weighted by molar-refractivity contribution is -0.0525. The Balaban J connectivity index is 1.98. The molecule has 3 nitrogen and oxygen atoms in total. The summed E-state index contributed by atoms with van der Waals surface area (Å²) in [6, 6.07) is 5.21. The van der Waals surface area contributed by atoms with Crippen LogP contribution in [0.1, 0.15) is 18.9 Å². The lowest BCUT2D eigenvalue weighted by atomic mass is 10.0. The molecule has 106 valence electrons. The highest BCUT2D eigenvalue weighted by Crippen LogP contribution is 2.18. The van der Waals surface area contributed by atoms with Crippen LogP contribution in [0.2, 0.25) is 0 Å². The van der Waals surface area contributed by atoms with E-state index in [1.54, 1.807) is 6.07 Å². The predicted octanol–water partition coefficient (Wildman–Crippen LogP) is 2.87. The Morgan fingerprint density at radius 1 is 1.37 bits per heavy atom. The molecule has 1 aliphatic rings. The third-order valence-corrected chi connectivity index (χ3v) is 3.52. The molecule has 0 amide bonds. The highest BCUT2D eigenvalue weighted by atomic mass is 79.9. The number of rotatable bonds is 6. The summed E-state index contributed by atoms with van der Waals surface area (Å²) >= 11 is 3.32. The van der Waals surface area contributed by atoms with Crippen LogP contribution in [0.4, 0.5) is 4.39 Å². The second-order valence-corrected chi connectivity index (χ2v) is 5.56. The van der Waals surface area contributed by atoms with Crippen molar-refractivity contribution in [2.24, 2.45) is 0 Å². The summed E-state index contributed by atoms with van der Waals surface area (Å²) < 4.78 is 25.1. The highest BCUT2D eigenvalue weighted by molar-refractivity contribution is 9.10. The average Bonchev–Trinajstić information content (AvgIpc) is 2.80. The van der Waals surface area contributed by atoms with E-state index in [1.807, 2.05) is 6.07 Å². The smallest absolute Gasteiger partial charge is 0.159 e. The van der Waals surface area contributed by atoms with Crippen LogP contribution in [-0.4, -0.2) is 32.1 Å². The van der Waals surface area contributed by atoms with Crippen LogP contribution in [0, 0.1) is 5.82 Å². The van der Waals surface area contributed by atoms with Crippen molar-refractivity contribution in [1.82, 2.24) is 5.32 Å². The van der Waals surface area contributed by atoms with Crippen molar-refractivity contribution in [2.45, 2.75) is 32.1 Å². The summed E-state index contributed by atoms with van der Waals surface area (Å²) in [5, 5.41) is 3.40. The summed E-state index contributed by atoms with van der Waals surface area (Å²) in [7, 11) is 0. The molecule has 0 aromatic heterocycles. The average molecular weight is 332 g/mol. The van der Waals surface area contributed by atoms with Crippen LogP contribution in [0.5, 0.6) is 0 Å². The van der Waals surface area contributed by atoms with Crippen molar-refractivity contribution in [3.8, 4) is 0 Å². The van der Waals surface area contributed by atoms with Gasteiger partial charge in [-0.1, -0.05) is 22.9 Å². The predicted molar refractivity (Wildman–Crippen MR) is 75.6 cm³/mol. The molecule has 1 unspecified atom stereocenters. The highest BCUT2D eigenvalue weighted by Gasteiger charge is 2.21. The summed E-state index contributed by atoms with van der Waals surface area (Å²) in [5.41, 5.74) is 0.968. The molecule has 0 saturated carbocycles. The van der Waals surface area contributed by atoms with E-state index >= 15 is 0 Å². The van der Waals surface area contributed by atoms with E-state index in [9.17, 15) is 4.39 Å². The summed E-state index contributed by atoms with van der Waals surface area (Å²) in [5.74, 6) is -0.215. The first-order valence-corrected chi connectivity index (χ1v) is 7.38. The van der Waals surface area contributed by atoms with E-state index in [2.05, 4.69) is 28.2 Å². The Morgan fingerprint density at radius 3 is 2.74 bits per heavy atom. The normalized spacial score (nSPS) is 17.8. The molecule has 1 fully saturated rings. The first kappa shape index (κ1) is 14.9. The number of benzene rings is 1. The van der Waals surface area contributed by atoms with Crippen LogP contribution in [-0.2, 0) is 15.9 Å². The van der Waals surface area contributed by atoms with Gasteiger partial charge in [-0.2, -0.15) is 0 Å². The summed E-state index contributed by atoms with van der Waals surface area (Å²) in [6.45, 7) is 4.25. The van der Waals surface area contributed by atoms with E-state index in [0.29, 0.717) is 13.2 Å². The van der Waals surface area contributed by atoms with Gasteiger partial charge in [0.1, 0.15) is 5.82 Å². The fourth-order valence-corrected chi connectivity index (χ4v) is 2.83. The molecular weight excluding hydrogens is 313 g/mol. The van der Waals surface area contributed by atoms with E-state index in [-0.39, 0.29) is 18.1 Å². The van der Waals surface area contributed by atoms with Gasteiger partial charge in [-0.3, -0.25) is 0 Å². The van der Waals surface area contributed by atoms with Gasteiger partial charge in [0.2, 0.25) is 0 Å². The molecule has 1 atom stereocenters. The zero-order chi connectivity index (χ0) is 13.7. The van der Waals surface area contributed by atoms with Crippen molar-refractivity contribution in [3.05, 3.63) is 34.1 Å². The molecule has 5 heteroatoms. The fraction of sp³-hybridized carbons (Fsp3) is 0.571. The molecule has 1 aromatic carbocycles. The molecule has 0 bridgehead atoms. The minimum atomic E-state index is -0.215. The van der Waals surface area contributed by atoms with E-state index in [0.717, 1.165) is 29.4 Å². The molecule has 2 rings (SSSR count). The zero-order valence-corrected chi connectivity index (χ0v) is 12.6. The quantitative estimate of drug-likeness (QED) is 0.869. The first-order valence-electron chi connectivity index (χ1n) is 6.59. The third kappa shape index (κ3) is 4.84. The lowest BCUT2D eigenvalue weighted by Crippen LogP contribution is -2.34. The molecule has 1 aromatic rings. The molecule has 1 aliphatic heterocycles. The van der Waals surface area contributed by atoms with Gasteiger partial charge < -0.3 is 14.8 Å². The van der Waals surface area contributed by atoms with Gasteiger partial charge in [0, 0.05) is 16.9 Å². The molecule has 1 saturated heterocycles. The van der Waals surface area contributed by atoms with Gasteiger partial charge in [0.15, 0.2) is 6.29 Å². The molecule has 0 radical (unpaired) electrons. The van der Waals surface area contributed by atoms with E-state index < -0.39 is 0 Å². The molecule has 1 N–H and O–H groups in total. The minimum absolute atomic E-state index is 0.138. The Morgan fingerprint density at radius 2 is 2.11 bits per heavy atom. The summed E-state index contributed by atoms with van der Waals surface area (Å²) in [4.78, 5) is 0. The van der Waals surface area contributed by atoms with E-state index in [1.165, 1.54) is 6.07 Å². The van der Waals surface area contributed by atoms with Crippen LogP contribution in [0.3, 0.4) is 0 Å². The number of likely N-dealkylation sites (N-methyl/N-ethyl adjacent to an activating group) is 1. The van der Waals surface area contributed by atoms with Gasteiger partial charge in [0.25, 0.3) is 0 Å². The second kappa shape index (κ2) is 7.33.